The van der Waals surface area contributed by atoms with Crippen LogP contribution >= 0.6 is 12.4 Å². The number of hydrogen-bond acceptors (Lipinski definition) is 4. The molecule has 0 saturated carbocycles. The number of nitrogens with one attached hydrogen (secondary N) is 2. The summed E-state index contributed by atoms with van der Waals surface area (Å²) in [5.74, 6) is 0.589. The van der Waals surface area contributed by atoms with E-state index in [2.05, 4.69) is 10.6 Å². The van der Waals surface area contributed by atoms with Crippen LogP contribution in [-0.2, 0) is 4.74 Å². The van der Waals surface area contributed by atoms with Gasteiger partial charge in [-0.25, -0.2) is 0 Å². The first-order valence-electron chi connectivity index (χ1n) is 6.48. The zero-order valence-electron chi connectivity index (χ0n) is 12.0. The zero-order valence-corrected chi connectivity index (χ0v) is 12.8. The second kappa shape index (κ2) is 11.5. The Balaban J connectivity index is 0.00000361. The van der Waals surface area contributed by atoms with Gasteiger partial charge in [-0.05, 0) is 24.7 Å². The molecule has 114 valence electrons. The van der Waals surface area contributed by atoms with Gasteiger partial charge in [0.25, 0.3) is 5.91 Å². The number of methoxy groups -OCH3 is 1. The van der Waals surface area contributed by atoms with Gasteiger partial charge in [0.2, 0.25) is 0 Å². The van der Waals surface area contributed by atoms with Crippen LogP contribution in [0.25, 0.3) is 0 Å². The molecule has 1 rings (SSSR count). The Morgan fingerprint density at radius 3 is 2.75 bits per heavy atom. The minimum atomic E-state index is -0.0879. The molecule has 5 nitrogen and oxygen atoms in total. The van der Waals surface area contributed by atoms with Crippen LogP contribution in [0.3, 0.4) is 0 Å². The van der Waals surface area contributed by atoms with Crippen LogP contribution in [0.5, 0.6) is 5.75 Å². The third-order valence-electron chi connectivity index (χ3n) is 2.49. The van der Waals surface area contributed by atoms with Gasteiger partial charge in [0.15, 0.2) is 0 Å². The van der Waals surface area contributed by atoms with Crippen molar-refractivity contribution in [3.05, 3.63) is 29.8 Å². The van der Waals surface area contributed by atoms with Gasteiger partial charge in [0.05, 0.1) is 6.61 Å². The maximum Gasteiger partial charge on any atom is 0.251 e. The van der Waals surface area contributed by atoms with Gasteiger partial charge in [-0.15, -0.1) is 12.4 Å². The van der Waals surface area contributed by atoms with Gasteiger partial charge in [0.1, 0.15) is 12.4 Å². The summed E-state index contributed by atoms with van der Waals surface area (Å²) in [5, 5.41) is 5.99. The van der Waals surface area contributed by atoms with E-state index in [0.29, 0.717) is 31.1 Å². The number of ether oxygens (including phenoxy) is 2. The quantitative estimate of drug-likeness (QED) is 0.678. The number of rotatable bonds is 9. The molecule has 0 atom stereocenters. The minimum Gasteiger partial charge on any atom is -0.491 e. The molecular weight excluding hydrogens is 280 g/mol. The molecule has 0 radical (unpaired) electrons. The van der Waals surface area contributed by atoms with Crippen molar-refractivity contribution < 1.29 is 14.3 Å². The SMILES string of the molecule is CCNCCNC(=O)c1cccc(OCCOC)c1.Cl. The molecule has 20 heavy (non-hydrogen) atoms. The van der Waals surface area contributed by atoms with Gasteiger partial charge in [-0.2, -0.15) is 0 Å². The fourth-order valence-corrected chi connectivity index (χ4v) is 1.51. The molecule has 0 saturated heterocycles. The summed E-state index contributed by atoms with van der Waals surface area (Å²) in [6.45, 7) is 5.32. The number of hydrogen-bond donors (Lipinski definition) is 2. The molecule has 0 aliphatic heterocycles. The molecule has 2 N–H and O–H groups in total. The number of amides is 1. The third kappa shape index (κ3) is 7.33. The van der Waals surface area contributed by atoms with Crippen LogP contribution in [0.15, 0.2) is 24.3 Å². The van der Waals surface area contributed by atoms with E-state index in [1.165, 1.54) is 0 Å². The molecule has 0 heterocycles. The van der Waals surface area contributed by atoms with E-state index in [4.69, 9.17) is 9.47 Å². The number of carbonyl (C=O) groups excluding carboxylic acids is 1. The van der Waals surface area contributed by atoms with E-state index in [9.17, 15) is 4.79 Å². The molecule has 0 fully saturated rings. The Bertz CT molecular complexity index is 388. The van der Waals surface area contributed by atoms with Crippen LogP contribution in [0.1, 0.15) is 17.3 Å². The van der Waals surface area contributed by atoms with Crippen molar-refractivity contribution in [2.45, 2.75) is 6.92 Å². The third-order valence-corrected chi connectivity index (χ3v) is 2.49. The molecule has 6 heteroatoms. The topological polar surface area (TPSA) is 59.6 Å². The highest BCUT2D eigenvalue weighted by atomic mass is 35.5. The van der Waals surface area contributed by atoms with Crippen molar-refractivity contribution in [3.63, 3.8) is 0 Å². The summed E-state index contributed by atoms with van der Waals surface area (Å²) >= 11 is 0. The van der Waals surface area contributed by atoms with E-state index in [-0.39, 0.29) is 18.3 Å². The first kappa shape index (κ1) is 18.7. The summed E-state index contributed by atoms with van der Waals surface area (Å²) in [6.07, 6.45) is 0. The lowest BCUT2D eigenvalue weighted by Gasteiger charge is -2.08. The number of carbonyl (C=O) groups is 1. The zero-order chi connectivity index (χ0) is 13.9. The normalized spacial score (nSPS) is 9.70. The van der Waals surface area contributed by atoms with Gasteiger partial charge >= 0.3 is 0 Å². The lowest BCUT2D eigenvalue weighted by molar-refractivity contribution is 0.0953. The van der Waals surface area contributed by atoms with Crippen LogP contribution in [0.4, 0.5) is 0 Å². The van der Waals surface area contributed by atoms with Crippen LogP contribution in [0, 0.1) is 0 Å². The predicted molar refractivity (Wildman–Crippen MR) is 81.9 cm³/mol. The Kier molecular flexibility index (Phi) is 10.8. The van der Waals surface area contributed by atoms with Gasteiger partial charge in [0, 0.05) is 25.8 Å². The lowest BCUT2D eigenvalue weighted by atomic mass is 10.2. The van der Waals surface area contributed by atoms with Gasteiger partial charge in [-0.1, -0.05) is 13.0 Å². The van der Waals surface area contributed by atoms with Crippen LogP contribution in [0.2, 0.25) is 0 Å². The molecule has 0 aliphatic carbocycles. The van der Waals surface area contributed by atoms with Crippen molar-refractivity contribution in [2.24, 2.45) is 0 Å². The van der Waals surface area contributed by atoms with Crippen molar-refractivity contribution in [2.75, 3.05) is 40.0 Å². The summed E-state index contributed by atoms with van der Waals surface area (Å²) in [6, 6.07) is 7.14. The highest BCUT2D eigenvalue weighted by molar-refractivity contribution is 5.94. The molecule has 1 aromatic rings. The number of halogens is 1. The maximum atomic E-state index is 11.9. The molecule has 0 bridgehead atoms. The van der Waals surface area contributed by atoms with Crippen molar-refractivity contribution in [3.8, 4) is 5.75 Å². The Hall–Kier alpha value is -1.30. The van der Waals surface area contributed by atoms with E-state index in [0.717, 1.165) is 13.1 Å². The van der Waals surface area contributed by atoms with E-state index in [1.807, 2.05) is 13.0 Å². The average molecular weight is 303 g/mol. The van der Waals surface area contributed by atoms with Crippen LogP contribution < -0.4 is 15.4 Å². The van der Waals surface area contributed by atoms with E-state index < -0.39 is 0 Å². The highest BCUT2D eigenvalue weighted by Gasteiger charge is 2.05. The number of likely N-dealkylation sites (N-methyl/N-ethyl adjacent to an activating group) is 1. The van der Waals surface area contributed by atoms with Crippen molar-refractivity contribution in [1.82, 2.24) is 10.6 Å². The summed E-state index contributed by atoms with van der Waals surface area (Å²) in [4.78, 5) is 11.9. The molecule has 0 aliphatic rings. The first-order valence-corrected chi connectivity index (χ1v) is 6.48. The van der Waals surface area contributed by atoms with Crippen LogP contribution in [-0.4, -0.2) is 45.9 Å². The minimum absolute atomic E-state index is 0. The van der Waals surface area contributed by atoms with E-state index >= 15 is 0 Å². The largest absolute Gasteiger partial charge is 0.491 e. The summed E-state index contributed by atoms with van der Waals surface area (Å²) in [7, 11) is 1.62. The average Bonchev–Trinajstić information content (AvgIpc) is 2.44. The fourth-order valence-electron chi connectivity index (χ4n) is 1.51. The van der Waals surface area contributed by atoms with Gasteiger partial charge in [-0.3, -0.25) is 4.79 Å². The molecule has 0 unspecified atom stereocenters. The Morgan fingerprint density at radius 1 is 1.25 bits per heavy atom. The summed E-state index contributed by atoms with van der Waals surface area (Å²) in [5.41, 5.74) is 0.603. The predicted octanol–water partition coefficient (Wildman–Crippen LogP) is 1.47. The lowest BCUT2D eigenvalue weighted by Crippen LogP contribution is -2.31. The van der Waals surface area contributed by atoms with Crippen molar-refractivity contribution >= 4 is 18.3 Å². The standard InChI is InChI=1S/C14H22N2O3.ClH/c1-3-15-7-8-16-14(17)12-5-4-6-13(11-12)19-10-9-18-2;/h4-6,11,15H,3,7-10H2,1-2H3,(H,16,17);1H. The Labute approximate surface area is 126 Å². The molecule has 1 aromatic carbocycles. The second-order valence-corrected chi connectivity index (χ2v) is 3.98. The van der Waals surface area contributed by atoms with Crippen molar-refractivity contribution in [1.29, 1.82) is 0 Å². The first-order chi connectivity index (χ1) is 9.27. The number of benzene rings is 1. The van der Waals surface area contributed by atoms with E-state index in [1.54, 1.807) is 25.3 Å². The smallest absolute Gasteiger partial charge is 0.251 e. The fraction of sp³-hybridized carbons (Fsp3) is 0.500. The molecule has 0 aromatic heterocycles. The molecule has 1 amide bonds. The second-order valence-electron chi connectivity index (χ2n) is 3.98. The molecule has 0 spiro atoms. The van der Waals surface area contributed by atoms with Gasteiger partial charge < -0.3 is 20.1 Å². The Morgan fingerprint density at radius 2 is 2.05 bits per heavy atom. The summed E-state index contributed by atoms with van der Waals surface area (Å²) < 4.78 is 10.4. The molecular formula is C14H23ClN2O3. The highest BCUT2D eigenvalue weighted by Crippen LogP contribution is 2.13. The maximum absolute atomic E-state index is 11.9. The monoisotopic (exact) mass is 302 g/mol.